The lowest BCUT2D eigenvalue weighted by Gasteiger charge is -2.55. The molecular weight excluding hydrogens is 404 g/mol. The van der Waals surface area contributed by atoms with E-state index >= 15 is 0 Å². The minimum absolute atomic E-state index is 0.156. The Morgan fingerprint density at radius 3 is 2.39 bits per heavy atom. The molecule has 0 unspecified atom stereocenters. The van der Waals surface area contributed by atoms with Crippen molar-refractivity contribution in [3.63, 3.8) is 0 Å². The Kier molecular flexibility index (Phi) is 5.91. The summed E-state index contributed by atoms with van der Waals surface area (Å²) < 4.78 is 8.11. The van der Waals surface area contributed by atoms with E-state index in [-0.39, 0.29) is 11.3 Å². The van der Waals surface area contributed by atoms with Gasteiger partial charge in [0.25, 0.3) is 5.91 Å². The molecule has 4 aliphatic carbocycles. The van der Waals surface area contributed by atoms with E-state index in [1.807, 2.05) is 18.2 Å². The van der Waals surface area contributed by atoms with Crippen molar-refractivity contribution in [2.45, 2.75) is 71.9 Å². The fourth-order valence-electron chi connectivity index (χ4n) is 6.61. The van der Waals surface area contributed by atoms with Crippen LogP contribution in [0.25, 0.3) is 0 Å². The normalized spacial score (nSPS) is 29.6. The number of carbonyl (C=O) groups excluding carboxylic acids is 1. The number of hydrogen-bond donors (Lipinski definition) is 0. The molecule has 0 radical (unpaired) electrons. The molecule has 1 aromatic carbocycles. The van der Waals surface area contributed by atoms with Gasteiger partial charge in [0, 0.05) is 23.7 Å². The third-order valence-electron chi connectivity index (χ3n) is 7.86. The van der Waals surface area contributed by atoms with Gasteiger partial charge in [0.15, 0.2) is 4.80 Å². The number of hydrogen-bond acceptors (Lipinski definition) is 3. The summed E-state index contributed by atoms with van der Waals surface area (Å²) >= 11 is 1.67. The highest BCUT2D eigenvalue weighted by molar-refractivity contribution is 7.09. The van der Waals surface area contributed by atoms with Crippen LogP contribution < -0.4 is 4.80 Å². The van der Waals surface area contributed by atoms with Crippen LogP contribution in [-0.4, -0.2) is 17.1 Å². The summed E-state index contributed by atoms with van der Waals surface area (Å²) in [6, 6.07) is 10.3. The molecule has 1 heterocycles. The van der Waals surface area contributed by atoms with Gasteiger partial charge in [-0.05, 0) is 82.1 Å². The zero-order chi connectivity index (χ0) is 21.4. The third-order valence-corrected chi connectivity index (χ3v) is 8.96. The van der Waals surface area contributed by atoms with Gasteiger partial charge in [-0.15, -0.1) is 11.3 Å². The lowest BCUT2D eigenvalue weighted by atomic mass is 9.49. The minimum Gasteiger partial charge on any atom is -0.377 e. The van der Waals surface area contributed by atoms with Crippen molar-refractivity contribution in [3.05, 3.63) is 51.3 Å². The molecule has 6 rings (SSSR count). The molecule has 0 saturated heterocycles. The first-order valence-corrected chi connectivity index (χ1v) is 12.7. The van der Waals surface area contributed by atoms with E-state index in [1.54, 1.807) is 11.3 Å². The van der Waals surface area contributed by atoms with E-state index in [2.05, 4.69) is 30.5 Å². The molecule has 31 heavy (non-hydrogen) atoms. The Hall–Kier alpha value is -1.72. The second-order valence-corrected chi connectivity index (χ2v) is 11.4. The molecule has 166 valence electrons. The number of aromatic nitrogens is 1. The van der Waals surface area contributed by atoms with Crippen LogP contribution in [0, 0.1) is 37.0 Å². The van der Waals surface area contributed by atoms with Gasteiger partial charge < -0.3 is 9.30 Å². The highest BCUT2D eigenvalue weighted by Gasteiger charge is 2.54. The maximum atomic E-state index is 13.5. The largest absolute Gasteiger partial charge is 0.377 e. The summed E-state index contributed by atoms with van der Waals surface area (Å²) in [7, 11) is 0. The summed E-state index contributed by atoms with van der Waals surface area (Å²) in [5.74, 6) is 2.48. The minimum atomic E-state index is -0.156. The number of carbonyl (C=O) groups is 1. The van der Waals surface area contributed by atoms with Crippen molar-refractivity contribution in [3.8, 4) is 0 Å². The quantitative estimate of drug-likeness (QED) is 0.542. The highest BCUT2D eigenvalue weighted by Crippen LogP contribution is 2.60. The van der Waals surface area contributed by atoms with E-state index < -0.39 is 0 Å². The summed E-state index contributed by atoms with van der Waals surface area (Å²) in [5, 5.41) is 0. The molecule has 4 aliphatic rings. The fraction of sp³-hybridized carbons (Fsp3) is 0.615. The van der Waals surface area contributed by atoms with Crippen LogP contribution in [0.15, 0.2) is 35.3 Å². The summed E-state index contributed by atoms with van der Waals surface area (Å²) in [6.45, 7) is 6.48. The second-order valence-electron chi connectivity index (χ2n) is 10.2. The molecule has 4 bridgehead atoms. The number of ether oxygens (including phenoxy) is 1. The maximum Gasteiger partial charge on any atom is 0.254 e. The zero-order valence-corrected chi connectivity index (χ0v) is 19.6. The molecule has 2 aromatic rings. The Morgan fingerprint density at radius 1 is 1.10 bits per heavy atom. The van der Waals surface area contributed by atoms with Crippen LogP contribution in [0.1, 0.15) is 61.1 Å². The standard InChI is InChI=1S/C26H34N2O2S/c1-18-19(2)31-25(28(18)9-6-10-30-17-20-7-4-3-5-8-20)27-24(29)26-14-21-11-22(15-26)13-23(12-21)16-26/h3-5,7-8,21-23H,6,9-17H2,1-2H3. The van der Waals surface area contributed by atoms with Gasteiger partial charge in [0.2, 0.25) is 0 Å². The first-order valence-electron chi connectivity index (χ1n) is 11.9. The number of amides is 1. The van der Waals surface area contributed by atoms with Gasteiger partial charge in [0.05, 0.1) is 12.0 Å². The van der Waals surface area contributed by atoms with Crippen LogP contribution in [0.4, 0.5) is 0 Å². The number of aryl methyl sites for hydroxylation is 1. The van der Waals surface area contributed by atoms with Gasteiger partial charge in [-0.1, -0.05) is 30.3 Å². The van der Waals surface area contributed by atoms with Crippen LogP contribution in [0.2, 0.25) is 0 Å². The molecule has 0 aliphatic heterocycles. The molecule has 1 amide bonds. The van der Waals surface area contributed by atoms with Crippen molar-refractivity contribution >= 4 is 17.2 Å². The maximum absolute atomic E-state index is 13.5. The van der Waals surface area contributed by atoms with E-state index in [0.717, 1.165) is 54.8 Å². The predicted octanol–water partition coefficient (Wildman–Crippen LogP) is 5.42. The topological polar surface area (TPSA) is 43.6 Å². The van der Waals surface area contributed by atoms with Gasteiger partial charge in [-0.2, -0.15) is 4.99 Å². The molecule has 0 atom stereocenters. The zero-order valence-electron chi connectivity index (χ0n) is 18.8. The monoisotopic (exact) mass is 438 g/mol. The molecule has 4 nitrogen and oxygen atoms in total. The van der Waals surface area contributed by atoms with E-state index in [9.17, 15) is 4.79 Å². The predicted molar refractivity (Wildman–Crippen MR) is 124 cm³/mol. The average Bonchev–Trinajstić information content (AvgIpc) is 3.00. The molecule has 5 heteroatoms. The van der Waals surface area contributed by atoms with Crippen LogP contribution in [0.5, 0.6) is 0 Å². The number of thiazole rings is 1. The molecule has 0 N–H and O–H groups in total. The van der Waals surface area contributed by atoms with Gasteiger partial charge in [-0.25, -0.2) is 0 Å². The second kappa shape index (κ2) is 8.67. The van der Waals surface area contributed by atoms with Crippen molar-refractivity contribution in [2.24, 2.45) is 28.2 Å². The van der Waals surface area contributed by atoms with Crippen molar-refractivity contribution in [1.29, 1.82) is 0 Å². The number of rotatable bonds is 7. The molecular formula is C26H34N2O2S. The third kappa shape index (κ3) is 4.31. The number of benzene rings is 1. The lowest BCUT2D eigenvalue weighted by molar-refractivity contribution is -0.142. The molecule has 4 saturated carbocycles. The SMILES string of the molecule is Cc1sc(=NC(=O)C23CC4CC(CC(C4)C2)C3)n(CCCOCc2ccccc2)c1C. The Bertz CT molecular complexity index is 969. The van der Waals surface area contributed by atoms with E-state index in [0.29, 0.717) is 13.2 Å². The van der Waals surface area contributed by atoms with E-state index in [4.69, 9.17) is 9.73 Å². The Balaban J connectivity index is 1.26. The fourth-order valence-corrected chi connectivity index (χ4v) is 7.61. The van der Waals surface area contributed by atoms with Gasteiger partial charge in [0.1, 0.15) is 0 Å². The van der Waals surface area contributed by atoms with Crippen molar-refractivity contribution in [1.82, 2.24) is 4.57 Å². The molecule has 1 aromatic heterocycles. The summed E-state index contributed by atoms with van der Waals surface area (Å²) in [4.78, 5) is 20.4. The van der Waals surface area contributed by atoms with E-state index in [1.165, 1.54) is 35.4 Å². The first kappa shape index (κ1) is 21.1. The smallest absolute Gasteiger partial charge is 0.254 e. The summed E-state index contributed by atoms with van der Waals surface area (Å²) in [6.07, 6.45) is 8.22. The molecule has 4 fully saturated rings. The summed E-state index contributed by atoms with van der Waals surface area (Å²) in [5.41, 5.74) is 2.27. The van der Waals surface area contributed by atoms with Crippen molar-refractivity contribution in [2.75, 3.05) is 6.61 Å². The lowest BCUT2D eigenvalue weighted by Crippen LogP contribution is -2.50. The van der Waals surface area contributed by atoms with Crippen LogP contribution in [-0.2, 0) is 22.7 Å². The van der Waals surface area contributed by atoms with Gasteiger partial charge in [-0.3, -0.25) is 4.79 Å². The highest BCUT2D eigenvalue weighted by atomic mass is 32.1. The molecule has 0 spiro atoms. The average molecular weight is 439 g/mol. The first-order chi connectivity index (χ1) is 15.0. The van der Waals surface area contributed by atoms with Gasteiger partial charge >= 0.3 is 0 Å². The van der Waals surface area contributed by atoms with Crippen LogP contribution >= 0.6 is 11.3 Å². The van der Waals surface area contributed by atoms with Crippen LogP contribution in [0.3, 0.4) is 0 Å². The Morgan fingerprint density at radius 2 is 1.74 bits per heavy atom. The van der Waals surface area contributed by atoms with Crippen molar-refractivity contribution < 1.29 is 9.53 Å². The number of nitrogens with zero attached hydrogens (tertiary/aromatic N) is 2. The Labute approximate surface area is 189 Å².